The lowest BCUT2D eigenvalue weighted by atomic mass is 9.81. The van der Waals surface area contributed by atoms with Crippen molar-refractivity contribution in [3.05, 3.63) is 51.0 Å². The van der Waals surface area contributed by atoms with Gasteiger partial charge in [0.2, 0.25) is 0 Å². The number of piperidine rings is 1. The van der Waals surface area contributed by atoms with E-state index in [0.29, 0.717) is 22.8 Å². The molecule has 0 unspecified atom stereocenters. The van der Waals surface area contributed by atoms with Crippen molar-refractivity contribution in [1.29, 1.82) is 0 Å². The van der Waals surface area contributed by atoms with E-state index >= 15 is 0 Å². The number of carbonyl (C=O) groups excluding carboxylic acids is 1. The predicted octanol–water partition coefficient (Wildman–Crippen LogP) is 6.22. The van der Waals surface area contributed by atoms with Crippen molar-refractivity contribution in [2.45, 2.75) is 38.7 Å². The first-order valence-electron chi connectivity index (χ1n) is 9.68. The molecule has 7 heteroatoms. The first kappa shape index (κ1) is 19.2. The first-order chi connectivity index (χ1) is 13.8. The maximum absolute atomic E-state index is 13.0. The van der Waals surface area contributed by atoms with Crippen molar-refractivity contribution in [3.8, 4) is 5.75 Å². The van der Waals surface area contributed by atoms with Crippen molar-refractivity contribution >= 4 is 55.7 Å². The summed E-state index contributed by atoms with van der Waals surface area (Å²) in [7, 11) is 0. The number of ether oxygens (including phenoxy) is 1. The Bertz CT molecular complexity index is 1150. The highest BCUT2D eigenvalue weighted by atomic mass is 35.5. The van der Waals surface area contributed by atoms with Gasteiger partial charge in [0.15, 0.2) is 10.9 Å². The molecule has 150 valence electrons. The third-order valence-corrected chi connectivity index (χ3v) is 7.91. The zero-order valence-corrected chi connectivity index (χ0v) is 18.5. The number of hydrogen-bond donors (Lipinski definition) is 0. The highest BCUT2D eigenvalue weighted by molar-refractivity contribution is 7.22. The van der Waals surface area contributed by atoms with E-state index in [9.17, 15) is 4.79 Å². The van der Waals surface area contributed by atoms with E-state index in [1.807, 2.05) is 38.1 Å². The molecule has 4 nitrogen and oxygen atoms in total. The summed E-state index contributed by atoms with van der Waals surface area (Å²) in [5, 5.41) is 2.38. The summed E-state index contributed by atoms with van der Waals surface area (Å²) < 4.78 is 7.56. The topological polar surface area (TPSA) is 42.4 Å². The van der Waals surface area contributed by atoms with Crippen LogP contribution in [0.25, 0.3) is 10.2 Å². The van der Waals surface area contributed by atoms with E-state index in [4.69, 9.17) is 32.9 Å². The zero-order valence-electron chi connectivity index (χ0n) is 16.2. The van der Waals surface area contributed by atoms with Crippen LogP contribution < -0.4 is 9.64 Å². The van der Waals surface area contributed by atoms with E-state index in [1.165, 1.54) is 0 Å². The molecule has 1 aromatic heterocycles. The van der Waals surface area contributed by atoms with E-state index < -0.39 is 5.60 Å². The molecule has 0 amide bonds. The molecule has 0 bridgehead atoms. The van der Waals surface area contributed by atoms with Crippen molar-refractivity contribution < 1.29 is 9.53 Å². The summed E-state index contributed by atoms with van der Waals surface area (Å²) in [6.45, 7) is 5.46. The van der Waals surface area contributed by atoms with Crippen LogP contribution in [0, 0.1) is 13.8 Å². The molecule has 2 aromatic carbocycles. The smallest absolute Gasteiger partial charge is 0.186 e. The number of aryl methyl sites for hydroxylation is 1. The normalized spacial score (nSPS) is 18.2. The lowest BCUT2D eigenvalue weighted by molar-refractivity contribution is 0.0230. The SMILES string of the molecule is Cc1cc2c(c(C)c1Cl)C(=O)CC1(CCN(c3nc4ccc(Cl)cc4s3)CC1)O2. The number of nitrogens with zero attached hydrogens (tertiary/aromatic N) is 2. The number of hydrogen-bond acceptors (Lipinski definition) is 5. The number of rotatable bonds is 1. The fourth-order valence-electron chi connectivity index (χ4n) is 4.41. The number of anilines is 1. The van der Waals surface area contributed by atoms with Crippen LogP contribution in [0.1, 0.15) is 40.7 Å². The van der Waals surface area contributed by atoms with Gasteiger partial charge in [0.25, 0.3) is 0 Å². The van der Waals surface area contributed by atoms with Gasteiger partial charge in [-0.05, 0) is 49.2 Å². The summed E-state index contributed by atoms with van der Waals surface area (Å²) in [6, 6.07) is 7.69. The van der Waals surface area contributed by atoms with E-state index in [1.54, 1.807) is 11.3 Å². The third-order valence-electron chi connectivity index (χ3n) is 6.02. The minimum absolute atomic E-state index is 0.133. The van der Waals surface area contributed by atoms with Crippen molar-refractivity contribution in [1.82, 2.24) is 4.98 Å². The van der Waals surface area contributed by atoms with E-state index in [0.717, 1.165) is 57.4 Å². The lowest BCUT2D eigenvalue weighted by Gasteiger charge is -2.44. The molecule has 2 aliphatic rings. The van der Waals surface area contributed by atoms with Gasteiger partial charge in [-0.15, -0.1) is 0 Å². The van der Waals surface area contributed by atoms with Crippen LogP contribution in [-0.4, -0.2) is 29.5 Å². The van der Waals surface area contributed by atoms with Gasteiger partial charge >= 0.3 is 0 Å². The van der Waals surface area contributed by atoms with Gasteiger partial charge in [-0.3, -0.25) is 4.79 Å². The number of carbonyl (C=O) groups is 1. The summed E-state index contributed by atoms with van der Waals surface area (Å²) in [6.07, 6.45) is 1.98. The second-order valence-corrected chi connectivity index (χ2v) is 9.81. The van der Waals surface area contributed by atoms with E-state index in [-0.39, 0.29) is 5.78 Å². The summed E-state index contributed by atoms with van der Waals surface area (Å²) >= 11 is 14.1. The molecule has 0 atom stereocenters. The quantitative estimate of drug-likeness (QED) is 0.444. The second kappa shape index (κ2) is 6.86. The Labute approximate surface area is 183 Å². The van der Waals surface area contributed by atoms with Gasteiger partial charge in [0.1, 0.15) is 11.4 Å². The van der Waals surface area contributed by atoms with Crippen LogP contribution in [0.5, 0.6) is 5.75 Å². The maximum atomic E-state index is 13.0. The molecular weight excluding hydrogens is 427 g/mol. The van der Waals surface area contributed by atoms with Crippen LogP contribution in [0.3, 0.4) is 0 Å². The first-order valence-corrected chi connectivity index (χ1v) is 11.3. The zero-order chi connectivity index (χ0) is 20.3. The molecule has 29 heavy (non-hydrogen) atoms. The maximum Gasteiger partial charge on any atom is 0.186 e. The minimum atomic E-state index is -0.437. The number of halogens is 2. The van der Waals surface area contributed by atoms with Crippen LogP contribution in [0.2, 0.25) is 10.0 Å². The molecule has 3 heterocycles. The highest BCUT2D eigenvalue weighted by Crippen LogP contribution is 2.44. The average Bonchev–Trinajstić information content (AvgIpc) is 3.09. The Morgan fingerprint density at radius 3 is 2.69 bits per heavy atom. The average molecular weight is 447 g/mol. The third kappa shape index (κ3) is 3.20. The van der Waals surface area contributed by atoms with Crippen molar-refractivity contribution in [2.75, 3.05) is 18.0 Å². The molecule has 3 aromatic rings. The standard InChI is InChI=1S/C22H20Cl2N2O2S/c1-12-9-17-19(13(2)20(12)24)16(27)11-22(28-17)5-7-26(8-6-22)21-25-15-4-3-14(23)10-18(15)29-21/h3-4,9-10H,5-8,11H2,1-2H3. The van der Waals surface area contributed by atoms with Gasteiger partial charge in [-0.2, -0.15) is 0 Å². The van der Waals surface area contributed by atoms with Crippen molar-refractivity contribution in [3.63, 3.8) is 0 Å². The molecule has 0 saturated carbocycles. The molecule has 1 saturated heterocycles. The summed E-state index contributed by atoms with van der Waals surface area (Å²) in [4.78, 5) is 20.0. The predicted molar refractivity (Wildman–Crippen MR) is 119 cm³/mol. The second-order valence-electron chi connectivity index (χ2n) is 7.99. The lowest BCUT2D eigenvalue weighted by Crippen LogP contribution is -2.51. The Kier molecular flexibility index (Phi) is 4.53. The Hall–Kier alpha value is -1.82. The fourth-order valence-corrected chi connectivity index (χ4v) is 5.85. The van der Waals surface area contributed by atoms with Crippen molar-refractivity contribution in [2.24, 2.45) is 0 Å². The van der Waals surface area contributed by atoms with Gasteiger partial charge in [0.05, 0.1) is 22.2 Å². The Morgan fingerprint density at radius 1 is 1.17 bits per heavy atom. The van der Waals surface area contributed by atoms with Crippen LogP contribution in [0.15, 0.2) is 24.3 Å². The molecule has 0 radical (unpaired) electrons. The Balaban J connectivity index is 1.39. The number of Topliss-reactive ketones (excluding diaryl/α,β-unsaturated/α-hetero) is 1. The fraction of sp³-hybridized carbons (Fsp3) is 0.364. The number of aromatic nitrogens is 1. The van der Waals surface area contributed by atoms with Crippen LogP contribution >= 0.6 is 34.5 Å². The molecule has 0 aliphatic carbocycles. The molecule has 2 aliphatic heterocycles. The van der Waals surface area contributed by atoms with Gasteiger partial charge < -0.3 is 9.64 Å². The Morgan fingerprint density at radius 2 is 1.93 bits per heavy atom. The van der Waals surface area contributed by atoms with E-state index in [2.05, 4.69) is 4.90 Å². The number of fused-ring (bicyclic) bond motifs is 2. The molecule has 1 spiro atoms. The molecule has 0 N–H and O–H groups in total. The van der Waals surface area contributed by atoms with Crippen LogP contribution in [-0.2, 0) is 0 Å². The molecule has 5 rings (SSSR count). The molecule has 1 fully saturated rings. The van der Waals surface area contributed by atoms with Gasteiger partial charge in [-0.25, -0.2) is 4.98 Å². The highest BCUT2D eigenvalue weighted by Gasteiger charge is 2.44. The van der Waals surface area contributed by atoms with Gasteiger partial charge in [0, 0.05) is 36.0 Å². The monoisotopic (exact) mass is 446 g/mol. The largest absolute Gasteiger partial charge is 0.486 e. The minimum Gasteiger partial charge on any atom is -0.486 e. The number of thiazole rings is 1. The van der Waals surface area contributed by atoms with Crippen LogP contribution in [0.4, 0.5) is 5.13 Å². The summed E-state index contributed by atoms with van der Waals surface area (Å²) in [5.74, 6) is 0.817. The molecular formula is C22H20Cl2N2O2S. The van der Waals surface area contributed by atoms with Gasteiger partial charge in [-0.1, -0.05) is 34.5 Å². The number of benzene rings is 2. The summed E-state index contributed by atoms with van der Waals surface area (Å²) in [5.41, 5.74) is 2.95. The number of ketones is 1.